The molecule has 0 saturated carbocycles. The first kappa shape index (κ1) is 65.8. The van der Waals surface area contributed by atoms with Crippen LogP contribution in [0.3, 0.4) is 0 Å². The van der Waals surface area contributed by atoms with Gasteiger partial charge in [-0.3, -0.25) is 14.4 Å². The minimum absolute atomic E-state index is 0.113. The first-order chi connectivity index (χ1) is 34.5. The number of unbranched alkanes of at least 4 members (excludes halogenated alkanes) is 19. The Morgan fingerprint density at radius 1 is 0.300 bits per heavy atom. The molecule has 0 bridgehead atoms. The Kier molecular flexibility index (Phi) is 54.0. The van der Waals surface area contributed by atoms with Crippen LogP contribution in [0.25, 0.3) is 0 Å². The Balaban J connectivity index is 4.31. The molecule has 6 nitrogen and oxygen atoms in total. The van der Waals surface area contributed by atoms with Crippen LogP contribution in [0.15, 0.2) is 122 Å². The highest BCUT2D eigenvalue weighted by Crippen LogP contribution is 2.14. The van der Waals surface area contributed by atoms with Crippen molar-refractivity contribution in [3.63, 3.8) is 0 Å². The number of ether oxygens (including phenoxy) is 3. The summed E-state index contributed by atoms with van der Waals surface area (Å²) in [6, 6.07) is 0. The number of allylic oxidation sites excluding steroid dienone is 20. The van der Waals surface area contributed by atoms with Crippen LogP contribution >= 0.6 is 0 Å². The molecule has 0 N–H and O–H groups in total. The SMILES string of the molecule is CC/C=C\C/C=C\C/C=C\C/C=C\C/C=C\CCCCCCCCCCCCCC(=O)OCC(COC(=O)CCCCCCC/C=C\CCCCC)OC(=O)CC/C=C\C/C=C\C/C=C\C/C=C\CC. The van der Waals surface area contributed by atoms with Crippen LogP contribution in [0.5, 0.6) is 0 Å². The standard InChI is InChI=1S/C64H104O6/c1-4-7-10-13-16-19-22-25-26-27-28-29-30-31-32-33-34-35-36-37-38-40-42-45-48-51-54-57-63(66)69-60-61(59-68-62(65)56-53-50-47-44-41-24-21-18-15-12-9-6-3)70-64(67)58-55-52-49-46-43-39-23-20-17-14-11-8-5-2/h7-8,10-11,16-21,25-26,28-29,31-32,39,43,49,52,61H,4-6,9,12-15,22-24,27,30,33-38,40-42,44-48,50-51,53-60H2,1-3H3/b10-7-,11-8-,19-16-,20-17-,21-18-,26-25-,29-28-,32-31-,43-39-,52-49-. The molecule has 0 fully saturated rings. The van der Waals surface area contributed by atoms with Gasteiger partial charge in [-0.15, -0.1) is 0 Å². The van der Waals surface area contributed by atoms with Crippen molar-refractivity contribution in [3.8, 4) is 0 Å². The van der Waals surface area contributed by atoms with Gasteiger partial charge in [0.15, 0.2) is 6.10 Å². The lowest BCUT2D eigenvalue weighted by molar-refractivity contribution is -0.166. The van der Waals surface area contributed by atoms with E-state index in [-0.39, 0.29) is 31.6 Å². The number of carbonyl (C=O) groups is 3. The van der Waals surface area contributed by atoms with E-state index < -0.39 is 12.1 Å². The van der Waals surface area contributed by atoms with E-state index in [1.807, 2.05) is 12.2 Å². The average Bonchev–Trinajstić information content (AvgIpc) is 3.36. The second-order valence-electron chi connectivity index (χ2n) is 18.4. The summed E-state index contributed by atoms with van der Waals surface area (Å²) >= 11 is 0. The molecule has 0 amide bonds. The van der Waals surface area contributed by atoms with Gasteiger partial charge >= 0.3 is 17.9 Å². The van der Waals surface area contributed by atoms with Crippen LogP contribution in [0.1, 0.15) is 245 Å². The van der Waals surface area contributed by atoms with Crippen LogP contribution in [0, 0.1) is 0 Å². The first-order valence-corrected chi connectivity index (χ1v) is 28.5. The van der Waals surface area contributed by atoms with Crippen molar-refractivity contribution in [1.82, 2.24) is 0 Å². The second kappa shape index (κ2) is 57.4. The van der Waals surface area contributed by atoms with Gasteiger partial charge in [0.2, 0.25) is 0 Å². The van der Waals surface area contributed by atoms with E-state index in [9.17, 15) is 14.4 Å². The van der Waals surface area contributed by atoms with Gasteiger partial charge in [0.1, 0.15) is 13.2 Å². The topological polar surface area (TPSA) is 78.9 Å². The van der Waals surface area contributed by atoms with Crippen LogP contribution in [0.4, 0.5) is 0 Å². The molecular formula is C64H104O6. The molecule has 396 valence electrons. The maximum absolute atomic E-state index is 12.8. The largest absolute Gasteiger partial charge is 0.462 e. The number of carbonyl (C=O) groups excluding carboxylic acids is 3. The Morgan fingerprint density at radius 3 is 0.943 bits per heavy atom. The molecule has 0 rings (SSSR count). The van der Waals surface area contributed by atoms with Gasteiger partial charge in [0.05, 0.1) is 0 Å². The van der Waals surface area contributed by atoms with Gasteiger partial charge in [-0.1, -0.05) is 232 Å². The Hall–Kier alpha value is -4.19. The van der Waals surface area contributed by atoms with Gasteiger partial charge in [-0.25, -0.2) is 0 Å². The van der Waals surface area contributed by atoms with Crippen LogP contribution < -0.4 is 0 Å². The van der Waals surface area contributed by atoms with Crippen molar-refractivity contribution >= 4 is 17.9 Å². The minimum atomic E-state index is -0.822. The zero-order chi connectivity index (χ0) is 50.7. The Labute approximate surface area is 431 Å². The van der Waals surface area contributed by atoms with E-state index in [0.29, 0.717) is 19.3 Å². The third-order valence-electron chi connectivity index (χ3n) is 11.7. The monoisotopic (exact) mass is 969 g/mol. The fourth-order valence-electron chi connectivity index (χ4n) is 7.48. The molecular weight excluding hydrogens is 865 g/mol. The van der Waals surface area contributed by atoms with E-state index in [0.717, 1.165) is 109 Å². The van der Waals surface area contributed by atoms with Crippen LogP contribution in [0.2, 0.25) is 0 Å². The number of hydrogen-bond donors (Lipinski definition) is 0. The van der Waals surface area contributed by atoms with Gasteiger partial charge in [-0.2, -0.15) is 0 Å². The third-order valence-corrected chi connectivity index (χ3v) is 11.7. The molecule has 6 heteroatoms. The van der Waals surface area contributed by atoms with Crippen LogP contribution in [-0.2, 0) is 28.6 Å². The van der Waals surface area contributed by atoms with Crippen molar-refractivity contribution in [2.45, 2.75) is 252 Å². The average molecular weight is 970 g/mol. The van der Waals surface area contributed by atoms with Crippen molar-refractivity contribution in [3.05, 3.63) is 122 Å². The van der Waals surface area contributed by atoms with Crippen molar-refractivity contribution in [1.29, 1.82) is 0 Å². The molecule has 0 spiro atoms. The van der Waals surface area contributed by atoms with E-state index in [4.69, 9.17) is 14.2 Å². The summed E-state index contributed by atoms with van der Waals surface area (Å²) in [5.74, 6) is -1.01. The summed E-state index contributed by atoms with van der Waals surface area (Å²) in [4.78, 5) is 38.0. The molecule has 1 unspecified atom stereocenters. The van der Waals surface area contributed by atoms with Gasteiger partial charge in [0.25, 0.3) is 0 Å². The molecule has 0 aliphatic carbocycles. The molecule has 1 atom stereocenters. The fourth-order valence-corrected chi connectivity index (χ4v) is 7.48. The lowest BCUT2D eigenvalue weighted by Gasteiger charge is -2.18. The first-order valence-electron chi connectivity index (χ1n) is 28.5. The fraction of sp³-hybridized carbons (Fsp3) is 0.641. The predicted octanol–water partition coefficient (Wildman–Crippen LogP) is 19.3. The summed E-state index contributed by atoms with van der Waals surface area (Å²) in [5.41, 5.74) is 0. The Bertz CT molecular complexity index is 1490. The smallest absolute Gasteiger partial charge is 0.306 e. The maximum Gasteiger partial charge on any atom is 0.306 e. The summed E-state index contributed by atoms with van der Waals surface area (Å²) < 4.78 is 16.7. The van der Waals surface area contributed by atoms with Gasteiger partial charge < -0.3 is 14.2 Å². The summed E-state index contributed by atoms with van der Waals surface area (Å²) in [6.45, 7) is 6.31. The van der Waals surface area contributed by atoms with E-state index >= 15 is 0 Å². The lowest BCUT2D eigenvalue weighted by atomic mass is 10.0. The van der Waals surface area contributed by atoms with Crippen molar-refractivity contribution in [2.24, 2.45) is 0 Å². The molecule has 0 aromatic rings. The maximum atomic E-state index is 12.8. The predicted molar refractivity (Wildman–Crippen MR) is 302 cm³/mol. The molecule has 0 aromatic carbocycles. The summed E-state index contributed by atoms with van der Waals surface area (Å²) in [7, 11) is 0. The normalized spacial score (nSPS) is 13.0. The third kappa shape index (κ3) is 54.7. The summed E-state index contributed by atoms with van der Waals surface area (Å²) in [5, 5.41) is 0. The van der Waals surface area contributed by atoms with Crippen molar-refractivity contribution < 1.29 is 28.6 Å². The van der Waals surface area contributed by atoms with Gasteiger partial charge in [-0.05, 0) is 116 Å². The molecule has 0 aromatic heterocycles. The highest BCUT2D eigenvalue weighted by molar-refractivity contribution is 5.71. The number of rotatable bonds is 50. The lowest BCUT2D eigenvalue weighted by Crippen LogP contribution is -2.30. The van der Waals surface area contributed by atoms with E-state index in [2.05, 4.69) is 130 Å². The molecule has 0 radical (unpaired) electrons. The highest BCUT2D eigenvalue weighted by atomic mass is 16.6. The van der Waals surface area contributed by atoms with Crippen molar-refractivity contribution in [2.75, 3.05) is 13.2 Å². The second-order valence-corrected chi connectivity index (χ2v) is 18.4. The quantitative estimate of drug-likeness (QED) is 0.0262. The zero-order valence-corrected chi connectivity index (χ0v) is 45.2. The molecule has 0 aliphatic rings. The van der Waals surface area contributed by atoms with Gasteiger partial charge in [0, 0.05) is 19.3 Å². The Morgan fingerprint density at radius 2 is 0.586 bits per heavy atom. The van der Waals surface area contributed by atoms with E-state index in [1.54, 1.807) is 0 Å². The minimum Gasteiger partial charge on any atom is -0.462 e. The number of esters is 3. The molecule has 0 saturated heterocycles. The van der Waals surface area contributed by atoms with Crippen LogP contribution in [-0.4, -0.2) is 37.2 Å². The zero-order valence-electron chi connectivity index (χ0n) is 45.2. The molecule has 0 heterocycles. The summed E-state index contributed by atoms with van der Waals surface area (Å²) in [6.07, 6.45) is 79.3. The molecule has 0 aliphatic heterocycles. The number of hydrogen-bond acceptors (Lipinski definition) is 6. The van der Waals surface area contributed by atoms with E-state index in [1.165, 1.54) is 89.9 Å². The molecule has 70 heavy (non-hydrogen) atoms. The highest BCUT2D eigenvalue weighted by Gasteiger charge is 2.19.